The van der Waals surface area contributed by atoms with Crippen LogP contribution in [0.4, 0.5) is 0 Å². The summed E-state index contributed by atoms with van der Waals surface area (Å²) in [7, 11) is 0. The molecule has 1 aromatic carbocycles. The average molecular weight is 226 g/mol. The van der Waals surface area contributed by atoms with E-state index in [1.807, 2.05) is 24.3 Å². The van der Waals surface area contributed by atoms with E-state index in [2.05, 4.69) is 12.2 Å². The molecule has 0 heterocycles. The van der Waals surface area contributed by atoms with Crippen LogP contribution < -0.4 is 10.1 Å². The van der Waals surface area contributed by atoms with Crippen molar-refractivity contribution in [2.45, 2.75) is 31.9 Å². The van der Waals surface area contributed by atoms with Gasteiger partial charge in [0.25, 0.3) is 0 Å². The number of rotatable bonds is 5. The highest BCUT2D eigenvalue weighted by Gasteiger charge is 2.21. The SMILES string of the molecule is CC(CNC1CC1)Oc1ccc(Cl)cc1. The molecule has 0 amide bonds. The van der Waals surface area contributed by atoms with E-state index in [1.54, 1.807) is 0 Å². The van der Waals surface area contributed by atoms with E-state index in [9.17, 15) is 0 Å². The molecule has 1 unspecified atom stereocenters. The molecular weight excluding hydrogens is 210 g/mol. The summed E-state index contributed by atoms with van der Waals surface area (Å²) in [6.07, 6.45) is 2.83. The molecule has 0 aromatic heterocycles. The molecule has 1 atom stereocenters. The van der Waals surface area contributed by atoms with E-state index in [0.29, 0.717) is 0 Å². The van der Waals surface area contributed by atoms with Crippen molar-refractivity contribution in [1.82, 2.24) is 5.32 Å². The van der Waals surface area contributed by atoms with Crippen molar-refractivity contribution >= 4 is 11.6 Å². The van der Waals surface area contributed by atoms with Crippen LogP contribution in [-0.2, 0) is 0 Å². The molecule has 1 aliphatic rings. The number of hydrogen-bond acceptors (Lipinski definition) is 2. The van der Waals surface area contributed by atoms with Crippen LogP contribution in [0, 0.1) is 0 Å². The molecule has 0 bridgehead atoms. The summed E-state index contributed by atoms with van der Waals surface area (Å²) in [6, 6.07) is 8.23. The zero-order valence-electron chi connectivity index (χ0n) is 8.87. The Morgan fingerprint density at radius 2 is 2.07 bits per heavy atom. The monoisotopic (exact) mass is 225 g/mol. The summed E-state index contributed by atoms with van der Waals surface area (Å²) in [5.41, 5.74) is 0. The Balaban J connectivity index is 1.76. The maximum atomic E-state index is 5.79. The average Bonchev–Trinajstić information content (AvgIpc) is 3.02. The summed E-state index contributed by atoms with van der Waals surface area (Å²) in [6.45, 7) is 2.98. The number of benzene rings is 1. The molecule has 0 saturated heterocycles. The minimum absolute atomic E-state index is 0.201. The maximum Gasteiger partial charge on any atom is 0.119 e. The highest BCUT2D eigenvalue weighted by atomic mass is 35.5. The molecule has 1 fully saturated rings. The van der Waals surface area contributed by atoms with Crippen LogP contribution in [0.2, 0.25) is 5.02 Å². The normalized spacial score (nSPS) is 17.5. The van der Waals surface area contributed by atoms with E-state index in [1.165, 1.54) is 12.8 Å². The van der Waals surface area contributed by atoms with Gasteiger partial charge in [-0.15, -0.1) is 0 Å². The number of hydrogen-bond donors (Lipinski definition) is 1. The molecule has 0 radical (unpaired) electrons. The highest BCUT2D eigenvalue weighted by Crippen LogP contribution is 2.19. The molecule has 2 nitrogen and oxygen atoms in total. The fourth-order valence-corrected chi connectivity index (χ4v) is 1.53. The fraction of sp³-hybridized carbons (Fsp3) is 0.500. The van der Waals surface area contributed by atoms with Gasteiger partial charge in [0.2, 0.25) is 0 Å². The van der Waals surface area contributed by atoms with Gasteiger partial charge in [-0.2, -0.15) is 0 Å². The predicted molar refractivity (Wildman–Crippen MR) is 62.6 cm³/mol. The smallest absolute Gasteiger partial charge is 0.119 e. The standard InChI is InChI=1S/C12H16ClNO/c1-9(8-14-11-4-5-11)15-12-6-2-10(13)3-7-12/h2-3,6-7,9,11,14H,4-5,8H2,1H3. The largest absolute Gasteiger partial charge is 0.489 e. The van der Waals surface area contributed by atoms with Gasteiger partial charge >= 0.3 is 0 Å². The van der Waals surface area contributed by atoms with Crippen molar-refractivity contribution in [3.05, 3.63) is 29.3 Å². The Hall–Kier alpha value is -0.730. The Labute approximate surface area is 95.6 Å². The molecule has 1 saturated carbocycles. The molecule has 1 N–H and O–H groups in total. The summed E-state index contributed by atoms with van der Waals surface area (Å²) < 4.78 is 5.73. The van der Waals surface area contributed by atoms with Crippen LogP contribution in [-0.4, -0.2) is 18.7 Å². The first-order valence-electron chi connectivity index (χ1n) is 5.39. The quantitative estimate of drug-likeness (QED) is 0.832. The third-order valence-electron chi connectivity index (χ3n) is 2.42. The minimum Gasteiger partial charge on any atom is -0.489 e. The second-order valence-corrected chi connectivity index (χ2v) is 4.50. The van der Waals surface area contributed by atoms with Gasteiger partial charge in [-0.25, -0.2) is 0 Å². The van der Waals surface area contributed by atoms with Crippen LogP contribution in [0.25, 0.3) is 0 Å². The Morgan fingerprint density at radius 1 is 1.40 bits per heavy atom. The minimum atomic E-state index is 0.201. The molecular formula is C12H16ClNO. The third-order valence-corrected chi connectivity index (χ3v) is 2.67. The number of halogens is 1. The van der Waals surface area contributed by atoms with Crippen molar-refractivity contribution in [1.29, 1.82) is 0 Å². The molecule has 1 aliphatic carbocycles. The molecule has 2 rings (SSSR count). The van der Waals surface area contributed by atoms with E-state index < -0.39 is 0 Å². The Kier molecular flexibility index (Phi) is 3.49. The lowest BCUT2D eigenvalue weighted by atomic mass is 10.3. The molecule has 1 aromatic rings. The van der Waals surface area contributed by atoms with Gasteiger partial charge in [0, 0.05) is 17.6 Å². The number of nitrogens with one attached hydrogen (secondary N) is 1. The van der Waals surface area contributed by atoms with E-state index in [0.717, 1.165) is 23.4 Å². The van der Waals surface area contributed by atoms with Crippen molar-refractivity contribution in [2.24, 2.45) is 0 Å². The van der Waals surface area contributed by atoms with E-state index in [4.69, 9.17) is 16.3 Å². The predicted octanol–water partition coefficient (Wildman–Crippen LogP) is 2.86. The summed E-state index contributed by atoms with van der Waals surface area (Å²) in [5.74, 6) is 0.879. The number of ether oxygens (including phenoxy) is 1. The van der Waals surface area contributed by atoms with Crippen LogP contribution in [0.15, 0.2) is 24.3 Å². The first-order valence-corrected chi connectivity index (χ1v) is 5.77. The summed E-state index contributed by atoms with van der Waals surface area (Å²) in [5, 5.41) is 4.18. The molecule has 3 heteroatoms. The van der Waals surface area contributed by atoms with Crippen molar-refractivity contribution in [2.75, 3.05) is 6.54 Å². The van der Waals surface area contributed by atoms with E-state index in [-0.39, 0.29) is 6.10 Å². The zero-order valence-corrected chi connectivity index (χ0v) is 9.63. The lowest BCUT2D eigenvalue weighted by molar-refractivity contribution is 0.216. The molecule has 15 heavy (non-hydrogen) atoms. The summed E-state index contributed by atoms with van der Waals surface area (Å²) >= 11 is 5.79. The van der Waals surface area contributed by atoms with Gasteiger partial charge in [0.05, 0.1) is 0 Å². The first-order chi connectivity index (χ1) is 7.24. The molecule has 0 spiro atoms. The Bertz CT molecular complexity index is 308. The van der Waals surface area contributed by atoms with Crippen LogP contribution in [0.3, 0.4) is 0 Å². The lowest BCUT2D eigenvalue weighted by Gasteiger charge is -2.15. The third kappa shape index (κ3) is 3.73. The second kappa shape index (κ2) is 4.86. The van der Waals surface area contributed by atoms with Crippen molar-refractivity contribution in [3.63, 3.8) is 0 Å². The molecule has 0 aliphatic heterocycles. The van der Waals surface area contributed by atoms with Gasteiger partial charge in [0.1, 0.15) is 11.9 Å². The second-order valence-electron chi connectivity index (χ2n) is 4.06. The lowest BCUT2D eigenvalue weighted by Crippen LogP contribution is -2.30. The maximum absolute atomic E-state index is 5.79. The van der Waals surface area contributed by atoms with Crippen molar-refractivity contribution in [3.8, 4) is 5.75 Å². The van der Waals surface area contributed by atoms with E-state index >= 15 is 0 Å². The molecule has 82 valence electrons. The highest BCUT2D eigenvalue weighted by molar-refractivity contribution is 6.30. The van der Waals surface area contributed by atoms with Gasteiger partial charge in [0.15, 0.2) is 0 Å². The fourth-order valence-electron chi connectivity index (χ4n) is 1.41. The topological polar surface area (TPSA) is 21.3 Å². The summed E-state index contributed by atoms with van der Waals surface area (Å²) in [4.78, 5) is 0. The van der Waals surface area contributed by atoms with Crippen molar-refractivity contribution < 1.29 is 4.74 Å². The van der Waals surface area contributed by atoms with Gasteiger partial charge in [-0.05, 0) is 44.0 Å². The van der Waals surface area contributed by atoms with Gasteiger partial charge in [-0.3, -0.25) is 0 Å². The van der Waals surface area contributed by atoms with Gasteiger partial charge in [-0.1, -0.05) is 11.6 Å². The Morgan fingerprint density at radius 3 is 2.67 bits per heavy atom. The van der Waals surface area contributed by atoms with Crippen LogP contribution in [0.1, 0.15) is 19.8 Å². The van der Waals surface area contributed by atoms with Crippen LogP contribution >= 0.6 is 11.6 Å². The van der Waals surface area contributed by atoms with Gasteiger partial charge < -0.3 is 10.1 Å². The zero-order chi connectivity index (χ0) is 10.7. The van der Waals surface area contributed by atoms with Crippen LogP contribution in [0.5, 0.6) is 5.75 Å². The first kappa shape index (κ1) is 10.8.